The van der Waals surface area contributed by atoms with Gasteiger partial charge in [-0.25, -0.2) is 9.18 Å². The molecular weight excluding hydrogens is 352 g/mol. The van der Waals surface area contributed by atoms with E-state index in [-0.39, 0.29) is 37.1 Å². The second-order valence-electron chi connectivity index (χ2n) is 4.55. The number of nitrogens with one attached hydrogen (secondary N) is 1. The fourth-order valence-corrected chi connectivity index (χ4v) is 3.97. The predicted octanol–water partition coefficient (Wildman–Crippen LogP) is 3.07. The molecule has 0 atom stereocenters. The van der Waals surface area contributed by atoms with Crippen LogP contribution in [0.5, 0.6) is 0 Å². The molecule has 0 spiro atoms. The largest absolute Gasteiger partial charge is 0.461 e. The normalized spacial score (nSPS) is 12.3. The van der Waals surface area contributed by atoms with Gasteiger partial charge in [0.2, 0.25) is 6.41 Å². The van der Waals surface area contributed by atoms with Crippen LogP contribution in [0.3, 0.4) is 0 Å². The van der Waals surface area contributed by atoms with Crippen molar-refractivity contribution in [1.29, 1.82) is 0 Å². The number of ether oxygens (including phenoxy) is 1. The van der Waals surface area contributed by atoms with Crippen LogP contribution >= 0.6 is 7.60 Å². The molecule has 0 heterocycles. The van der Waals surface area contributed by atoms with Crippen LogP contribution in [-0.2, 0) is 27.9 Å². The molecule has 1 amide bonds. The van der Waals surface area contributed by atoms with Crippen molar-refractivity contribution in [2.45, 2.75) is 20.8 Å². The van der Waals surface area contributed by atoms with E-state index in [2.05, 4.69) is 5.32 Å². The minimum Gasteiger partial charge on any atom is -0.461 e. The molecule has 25 heavy (non-hydrogen) atoms. The fourth-order valence-electron chi connectivity index (χ4n) is 2.07. The van der Waals surface area contributed by atoms with Crippen molar-refractivity contribution in [2.24, 2.45) is 0 Å². The van der Waals surface area contributed by atoms with Gasteiger partial charge in [-0.1, -0.05) is 12.1 Å². The van der Waals surface area contributed by atoms with Crippen LogP contribution in [-0.4, -0.2) is 32.2 Å². The molecule has 0 aliphatic heterocycles. The Balaban J connectivity index is 3.74. The molecule has 0 aliphatic carbocycles. The third-order valence-electron chi connectivity index (χ3n) is 2.89. The van der Waals surface area contributed by atoms with E-state index in [0.29, 0.717) is 0 Å². The Hall–Kier alpha value is -2.02. The Morgan fingerprint density at radius 1 is 1.20 bits per heavy atom. The smallest absolute Gasteiger partial charge is 0.364 e. The van der Waals surface area contributed by atoms with Gasteiger partial charge in [0.1, 0.15) is 16.8 Å². The topological polar surface area (TPSA) is 90.9 Å². The predicted molar refractivity (Wildman–Crippen MR) is 90.0 cm³/mol. The minimum absolute atomic E-state index is 0.00723. The number of hydrogen-bond donors (Lipinski definition) is 1. The van der Waals surface area contributed by atoms with Crippen molar-refractivity contribution in [1.82, 2.24) is 5.32 Å². The number of rotatable bonds is 10. The van der Waals surface area contributed by atoms with Crippen LogP contribution in [0.25, 0.3) is 5.31 Å². The number of amides is 1. The number of carbonyl (C=O) groups is 2. The van der Waals surface area contributed by atoms with Crippen LogP contribution in [0, 0.1) is 5.82 Å². The van der Waals surface area contributed by atoms with Crippen molar-refractivity contribution in [2.75, 3.05) is 19.8 Å². The molecule has 0 saturated carbocycles. The summed E-state index contributed by atoms with van der Waals surface area (Å²) in [4.78, 5) is 23.2. The number of hydrogen-bond acceptors (Lipinski definition) is 6. The van der Waals surface area contributed by atoms with Crippen LogP contribution in [0.2, 0.25) is 0 Å². The Morgan fingerprint density at radius 3 is 2.32 bits per heavy atom. The Labute approximate surface area is 145 Å². The molecule has 1 aromatic carbocycles. The average Bonchev–Trinajstić information content (AvgIpc) is 2.55. The first-order valence-corrected chi connectivity index (χ1v) is 9.24. The standard InChI is InChI=1S/C16H21FNO6P/c1-4-22-16(20)14(18-11-19)15(12-8-7-9-13(17)10-12)25(21,23-5-2)24-6-3/h7-11H,4-6H2,1-3H3,(H,18,19)/b15-14-. The summed E-state index contributed by atoms with van der Waals surface area (Å²) >= 11 is 0. The number of halogens is 1. The maximum atomic E-state index is 13.7. The lowest BCUT2D eigenvalue weighted by atomic mass is 10.2. The van der Waals surface area contributed by atoms with E-state index >= 15 is 0 Å². The summed E-state index contributed by atoms with van der Waals surface area (Å²) in [5, 5.41) is 1.91. The SMILES string of the molecule is CCOC(=O)/C(NC=O)=C(\c1cccc(F)c1)P(=O)(OCC)OCC. The molecule has 0 saturated heterocycles. The molecule has 1 aromatic rings. The van der Waals surface area contributed by atoms with Gasteiger partial charge in [-0.05, 0) is 38.5 Å². The third-order valence-corrected chi connectivity index (χ3v) is 5.12. The van der Waals surface area contributed by atoms with Gasteiger partial charge in [0.15, 0.2) is 0 Å². The maximum Gasteiger partial charge on any atom is 0.364 e. The van der Waals surface area contributed by atoms with E-state index in [0.717, 1.165) is 6.07 Å². The van der Waals surface area contributed by atoms with Gasteiger partial charge < -0.3 is 19.1 Å². The quantitative estimate of drug-likeness (QED) is 0.293. The summed E-state index contributed by atoms with van der Waals surface area (Å²) in [6.45, 7) is 4.79. The fraction of sp³-hybridized carbons (Fsp3) is 0.375. The Morgan fingerprint density at radius 2 is 1.84 bits per heavy atom. The van der Waals surface area contributed by atoms with Gasteiger partial charge in [-0.15, -0.1) is 0 Å². The van der Waals surface area contributed by atoms with Crippen LogP contribution in [0.15, 0.2) is 30.0 Å². The number of benzene rings is 1. The van der Waals surface area contributed by atoms with Crippen molar-refractivity contribution < 1.29 is 32.3 Å². The maximum absolute atomic E-state index is 13.7. The highest BCUT2D eigenvalue weighted by Gasteiger charge is 2.37. The zero-order valence-electron chi connectivity index (χ0n) is 14.3. The second-order valence-corrected chi connectivity index (χ2v) is 6.51. The molecule has 1 N–H and O–H groups in total. The van der Waals surface area contributed by atoms with Crippen molar-refractivity contribution in [3.63, 3.8) is 0 Å². The van der Waals surface area contributed by atoms with E-state index < -0.39 is 25.1 Å². The summed E-state index contributed by atoms with van der Waals surface area (Å²) in [5.41, 5.74) is -0.352. The van der Waals surface area contributed by atoms with E-state index in [1.165, 1.54) is 18.2 Å². The van der Waals surface area contributed by atoms with Crippen LogP contribution in [0.1, 0.15) is 26.3 Å². The van der Waals surface area contributed by atoms with Crippen molar-refractivity contribution in [3.05, 3.63) is 41.3 Å². The highest BCUT2D eigenvalue weighted by molar-refractivity contribution is 7.65. The van der Waals surface area contributed by atoms with Gasteiger partial charge in [0.25, 0.3) is 0 Å². The molecule has 7 nitrogen and oxygen atoms in total. The first kappa shape index (κ1) is 21.0. The summed E-state index contributed by atoms with van der Waals surface area (Å²) in [6, 6.07) is 5.04. The van der Waals surface area contributed by atoms with Gasteiger partial charge in [-0.2, -0.15) is 0 Å². The Kier molecular flexibility index (Phi) is 8.48. The Bertz CT molecular complexity index is 681. The summed E-state index contributed by atoms with van der Waals surface area (Å²) < 4.78 is 42.4. The second kappa shape index (κ2) is 10.1. The molecule has 0 unspecified atom stereocenters. The molecule has 0 bridgehead atoms. The molecule has 0 fully saturated rings. The zero-order chi connectivity index (χ0) is 18.9. The van der Waals surface area contributed by atoms with Gasteiger partial charge >= 0.3 is 13.6 Å². The van der Waals surface area contributed by atoms with Crippen LogP contribution < -0.4 is 5.32 Å². The highest BCUT2D eigenvalue weighted by atomic mass is 31.2. The van der Waals surface area contributed by atoms with Gasteiger partial charge in [0.05, 0.1) is 19.8 Å². The molecule has 9 heteroatoms. The first-order chi connectivity index (χ1) is 11.9. The molecule has 1 rings (SSSR count). The van der Waals surface area contributed by atoms with Crippen molar-refractivity contribution >= 4 is 25.3 Å². The van der Waals surface area contributed by atoms with Crippen molar-refractivity contribution in [3.8, 4) is 0 Å². The monoisotopic (exact) mass is 373 g/mol. The molecular formula is C16H21FNO6P. The molecule has 0 aromatic heterocycles. The summed E-state index contributed by atoms with van der Waals surface area (Å²) in [6.07, 6.45) is 0.230. The number of esters is 1. The highest BCUT2D eigenvalue weighted by Crippen LogP contribution is 2.61. The van der Waals surface area contributed by atoms with Gasteiger partial charge in [0, 0.05) is 0 Å². The summed E-state index contributed by atoms with van der Waals surface area (Å²) in [5.74, 6) is -1.56. The lowest BCUT2D eigenvalue weighted by Crippen LogP contribution is -2.23. The summed E-state index contributed by atoms with van der Waals surface area (Å²) in [7, 11) is -4.04. The van der Waals surface area contributed by atoms with E-state index in [9.17, 15) is 18.5 Å². The van der Waals surface area contributed by atoms with E-state index in [1.54, 1.807) is 20.8 Å². The molecule has 138 valence electrons. The number of carbonyl (C=O) groups excluding carboxylic acids is 2. The lowest BCUT2D eigenvalue weighted by Gasteiger charge is -2.22. The first-order valence-electron chi connectivity index (χ1n) is 7.70. The molecule has 0 aliphatic rings. The third kappa shape index (κ3) is 5.49. The van der Waals surface area contributed by atoms with E-state index in [4.69, 9.17) is 13.8 Å². The van der Waals surface area contributed by atoms with Crippen LogP contribution in [0.4, 0.5) is 4.39 Å². The lowest BCUT2D eigenvalue weighted by molar-refractivity contribution is -0.139. The minimum atomic E-state index is -4.04. The van der Waals surface area contributed by atoms with Gasteiger partial charge in [-0.3, -0.25) is 9.36 Å². The average molecular weight is 373 g/mol. The molecule has 0 radical (unpaired) electrons. The van der Waals surface area contributed by atoms with E-state index in [1.807, 2.05) is 0 Å². The zero-order valence-corrected chi connectivity index (χ0v) is 15.2.